The number of carbonyl (C=O) groups excluding carboxylic acids is 2. The number of benzene rings is 1. The third kappa shape index (κ3) is 4.77. The first-order chi connectivity index (χ1) is 15.0. The molecule has 1 saturated heterocycles. The average molecular weight is 460 g/mol. The molecule has 0 radical (unpaired) electrons. The van der Waals surface area contributed by atoms with Gasteiger partial charge in [0.25, 0.3) is 0 Å². The van der Waals surface area contributed by atoms with Gasteiger partial charge in [0, 0.05) is 29.8 Å². The number of hydrogen-bond donors (Lipinski definition) is 1. The van der Waals surface area contributed by atoms with Gasteiger partial charge in [0.15, 0.2) is 0 Å². The van der Waals surface area contributed by atoms with Crippen molar-refractivity contribution in [3.63, 3.8) is 0 Å². The van der Waals surface area contributed by atoms with Crippen molar-refractivity contribution in [1.29, 1.82) is 0 Å². The number of aromatic nitrogens is 1. The quantitative estimate of drug-likeness (QED) is 0.675. The molecule has 1 aliphatic carbocycles. The summed E-state index contributed by atoms with van der Waals surface area (Å²) in [5.41, 5.74) is -1.09. The molecule has 8 heteroatoms. The van der Waals surface area contributed by atoms with E-state index >= 15 is 0 Å². The third-order valence-electron chi connectivity index (χ3n) is 5.91. The predicted octanol–water partition coefficient (Wildman–Crippen LogP) is 4.27. The second-order valence-corrected chi connectivity index (χ2v) is 10.7. The maximum Gasteiger partial charge on any atom is 0.410 e. The molecule has 3 atom stereocenters. The number of likely N-dealkylation sites (tertiary alicyclic amines) is 1. The second kappa shape index (κ2) is 8.10. The molecule has 2 heterocycles. The number of rotatable bonds is 5. The number of ether oxygens (including phenoxy) is 2. The molecular formula is C24H30ClN3O4. The number of halogens is 1. The summed E-state index contributed by atoms with van der Waals surface area (Å²) in [6.45, 7) is 10.8. The van der Waals surface area contributed by atoms with Crippen molar-refractivity contribution < 1.29 is 19.1 Å². The van der Waals surface area contributed by atoms with Crippen molar-refractivity contribution in [2.45, 2.75) is 45.8 Å². The number of pyridine rings is 1. The monoisotopic (exact) mass is 459 g/mol. The highest BCUT2D eigenvalue weighted by atomic mass is 35.5. The fourth-order valence-electron chi connectivity index (χ4n) is 4.35. The van der Waals surface area contributed by atoms with E-state index in [1.807, 2.05) is 58.9 Å². The Morgan fingerprint density at radius 3 is 2.38 bits per heavy atom. The molecule has 2 aliphatic rings. The summed E-state index contributed by atoms with van der Waals surface area (Å²) < 4.78 is 11.5. The Balaban J connectivity index is 1.31. The molecule has 4 rings (SSSR count). The minimum absolute atomic E-state index is 0.0107. The second-order valence-electron chi connectivity index (χ2n) is 10.4. The summed E-state index contributed by atoms with van der Waals surface area (Å²) in [7, 11) is 0. The number of piperidine rings is 1. The van der Waals surface area contributed by atoms with Gasteiger partial charge >= 0.3 is 6.09 Å². The van der Waals surface area contributed by atoms with Crippen LogP contribution in [0.25, 0.3) is 10.8 Å². The van der Waals surface area contributed by atoms with E-state index in [0.29, 0.717) is 24.0 Å². The van der Waals surface area contributed by atoms with E-state index in [2.05, 4.69) is 10.3 Å². The SMILES string of the molecule is CC(C)(COc1cnc(Cl)c2ccccc12)NC(=O)C1[C@H]2CN(C(=O)OC(C)(C)C)C[C@@H]12. The maximum absolute atomic E-state index is 12.9. The highest BCUT2D eigenvalue weighted by Gasteiger charge is 2.61. The molecule has 7 nitrogen and oxygen atoms in total. The van der Waals surface area contributed by atoms with E-state index < -0.39 is 11.1 Å². The van der Waals surface area contributed by atoms with Gasteiger partial charge in [0.05, 0.1) is 11.7 Å². The number of carbonyl (C=O) groups is 2. The van der Waals surface area contributed by atoms with Crippen molar-refractivity contribution in [3.05, 3.63) is 35.6 Å². The number of hydrogen-bond acceptors (Lipinski definition) is 5. The normalized spacial score (nSPS) is 22.4. The number of nitrogens with zero attached hydrogens (tertiary/aromatic N) is 2. The van der Waals surface area contributed by atoms with Crippen molar-refractivity contribution in [2.24, 2.45) is 17.8 Å². The van der Waals surface area contributed by atoms with Crippen molar-refractivity contribution >= 4 is 34.4 Å². The lowest BCUT2D eigenvalue weighted by Crippen LogP contribution is -2.49. The van der Waals surface area contributed by atoms with E-state index in [1.165, 1.54) is 0 Å². The zero-order valence-corrected chi connectivity index (χ0v) is 19.9. The van der Waals surface area contributed by atoms with Gasteiger partial charge in [0.2, 0.25) is 5.91 Å². The van der Waals surface area contributed by atoms with Crippen LogP contribution in [0, 0.1) is 17.8 Å². The first-order valence-corrected chi connectivity index (χ1v) is 11.3. The Bertz CT molecular complexity index is 1040. The Labute approximate surface area is 193 Å². The molecule has 1 aromatic carbocycles. The van der Waals surface area contributed by atoms with Gasteiger partial charge in [-0.25, -0.2) is 9.78 Å². The fraction of sp³-hybridized carbons (Fsp3) is 0.542. The summed E-state index contributed by atoms with van der Waals surface area (Å²) in [5, 5.41) is 5.26. The highest BCUT2D eigenvalue weighted by molar-refractivity contribution is 6.34. The molecule has 1 unspecified atom stereocenters. The lowest BCUT2D eigenvalue weighted by atomic mass is 10.1. The van der Waals surface area contributed by atoms with Crippen LogP contribution in [0.15, 0.2) is 30.5 Å². The average Bonchev–Trinajstić information content (AvgIpc) is 3.20. The summed E-state index contributed by atoms with van der Waals surface area (Å²) in [6, 6.07) is 7.66. The van der Waals surface area contributed by atoms with Crippen LogP contribution in [0.1, 0.15) is 34.6 Å². The zero-order chi connectivity index (χ0) is 23.3. The van der Waals surface area contributed by atoms with E-state index in [9.17, 15) is 9.59 Å². The van der Waals surface area contributed by atoms with Gasteiger partial charge in [-0.1, -0.05) is 35.9 Å². The van der Waals surface area contributed by atoms with E-state index in [4.69, 9.17) is 21.1 Å². The highest BCUT2D eigenvalue weighted by Crippen LogP contribution is 2.52. The predicted molar refractivity (Wildman–Crippen MR) is 123 cm³/mol. The van der Waals surface area contributed by atoms with Gasteiger partial charge < -0.3 is 19.7 Å². The summed E-state index contributed by atoms with van der Waals surface area (Å²) in [4.78, 5) is 31.0. The Morgan fingerprint density at radius 1 is 1.12 bits per heavy atom. The first kappa shape index (κ1) is 22.6. The van der Waals surface area contributed by atoms with Crippen LogP contribution in [0.2, 0.25) is 5.15 Å². The molecule has 1 aromatic heterocycles. The molecule has 1 saturated carbocycles. The molecular weight excluding hydrogens is 430 g/mol. The van der Waals surface area contributed by atoms with Gasteiger partial charge in [-0.2, -0.15) is 0 Å². The molecule has 1 N–H and O–H groups in total. The Hall–Kier alpha value is -2.54. The number of nitrogens with one attached hydrogen (secondary N) is 1. The van der Waals surface area contributed by atoms with Crippen molar-refractivity contribution in [2.75, 3.05) is 19.7 Å². The molecule has 0 bridgehead atoms. The van der Waals surface area contributed by atoms with Gasteiger partial charge in [-0.3, -0.25) is 4.79 Å². The minimum atomic E-state index is -0.570. The van der Waals surface area contributed by atoms with Crippen LogP contribution in [0.3, 0.4) is 0 Å². The molecule has 2 amide bonds. The molecule has 2 aromatic rings. The van der Waals surface area contributed by atoms with E-state index in [-0.39, 0.29) is 36.4 Å². The number of fused-ring (bicyclic) bond motifs is 2. The van der Waals surface area contributed by atoms with Crippen molar-refractivity contribution in [3.8, 4) is 5.75 Å². The molecule has 0 spiro atoms. The maximum atomic E-state index is 12.9. The van der Waals surface area contributed by atoms with E-state index in [0.717, 1.165) is 10.8 Å². The van der Waals surface area contributed by atoms with Crippen LogP contribution in [-0.2, 0) is 9.53 Å². The van der Waals surface area contributed by atoms with Gasteiger partial charge in [0.1, 0.15) is 23.1 Å². The summed E-state index contributed by atoms with van der Waals surface area (Å²) in [6.07, 6.45) is 1.31. The Morgan fingerprint density at radius 2 is 1.75 bits per heavy atom. The first-order valence-electron chi connectivity index (χ1n) is 10.9. The third-order valence-corrected chi connectivity index (χ3v) is 6.21. The van der Waals surface area contributed by atoms with E-state index in [1.54, 1.807) is 11.1 Å². The van der Waals surface area contributed by atoms with Crippen LogP contribution in [0.4, 0.5) is 4.79 Å². The van der Waals surface area contributed by atoms with Gasteiger partial charge in [-0.15, -0.1) is 0 Å². The molecule has 172 valence electrons. The summed E-state index contributed by atoms with van der Waals surface area (Å²) >= 11 is 6.18. The van der Waals surface area contributed by atoms with Crippen LogP contribution >= 0.6 is 11.6 Å². The Kier molecular flexibility index (Phi) is 5.74. The summed E-state index contributed by atoms with van der Waals surface area (Å²) in [5.74, 6) is 0.971. The molecule has 1 aliphatic heterocycles. The standard InChI is InChI=1S/C24H30ClN3O4/c1-23(2,3)32-22(30)28-11-16-17(12-28)19(16)21(29)27-24(4,5)13-31-18-10-26-20(25)15-9-7-6-8-14(15)18/h6-10,16-17,19H,11-13H2,1-5H3,(H,27,29)/t16-,17+,19?. The number of amides is 2. The zero-order valence-electron chi connectivity index (χ0n) is 19.1. The lowest BCUT2D eigenvalue weighted by Gasteiger charge is -2.28. The van der Waals surface area contributed by atoms with Crippen LogP contribution in [-0.4, -0.2) is 52.7 Å². The smallest absolute Gasteiger partial charge is 0.410 e. The largest absolute Gasteiger partial charge is 0.489 e. The molecule has 2 fully saturated rings. The topological polar surface area (TPSA) is 80.8 Å². The van der Waals surface area contributed by atoms with Crippen LogP contribution in [0.5, 0.6) is 5.75 Å². The lowest BCUT2D eigenvalue weighted by molar-refractivity contribution is -0.125. The van der Waals surface area contributed by atoms with Gasteiger partial charge in [-0.05, 0) is 46.5 Å². The minimum Gasteiger partial charge on any atom is -0.489 e. The van der Waals surface area contributed by atoms with Crippen LogP contribution < -0.4 is 10.1 Å². The van der Waals surface area contributed by atoms with Crippen molar-refractivity contribution in [1.82, 2.24) is 15.2 Å². The molecule has 32 heavy (non-hydrogen) atoms. The fourth-order valence-corrected chi connectivity index (χ4v) is 4.56.